The van der Waals surface area contributed by atoms with Crippen LogP contribution in [-0.4, -0.2) is 21.7 Å². The number of para-hydroxylation sites is 1. The molecule has 3 heterocycles. The molecule has 0 N–H and O–H groups in total. The smallest absolute Gasteiger partial charge is 0.338 e. The molecule has 0 unspecified atom stereocenters. The van der Waals surface area contributed by atoms with Crippen LogP contribution in [-0.2, 0) is 9.53 Å². The van der Waals surface area contributed by atoms with Crippen molar-refractivity contribution >= 4 is 40.7 Å². The Bertz CT molecular complexity index is 2000. The first-order valence-corrected chi connectivity index (χ1v) is 14.8. The molecule has 6 nitrogen and oxygen atoms in total. The highest BCUT2D eigenvalue weighted by atomic mass is 35.5. The predicted octanol–water partition coefficient (Wildman–Crippen LogP) is 6.00. The maximum absolute atomic E-state index is 14.2. The van der Waals surface area contributed by atoms with Gasteiger partial charge in [-0.1, -0.05) is 83.6 Å². The van der Waals surface area contributed by atoms with Gasteiger partial charge < -0.3 is 9.30 Å². The third kappa shape index (κ3) is 4.95. The highest BCUT2D eigenvalue weighted by molar-refractivity contribution is 7.07. The van der Waals surface area contributed by atoms with Crippen LogP contribution < -0.4 is 14.9 Å². The lowest BCUT2D eigenvalue weighted by atomic mass is 9.93. The third-order valence-corrected chi connectivity index (χ3v) is 8.57. The molecule has 0 saturated heterocycles. The van der Waals surface area contributed by atoms with E-state index in [1.807, 2.05) is 73.7 Å². The number of ether oxygens (including phenoxy) is 1. The molecule has 0 bridgehead atoms. The summed E-state index contributed by atoms with van der Waals surface area (Å²) in [5.74, 6) is -0.513. The second-order valence-corrected chi connectivity index (χ2v) is 11.4. The summed E-state index contributed by atoms with van der Waals surface area (Å²) in [6, 6.07) is 28.2. The highest BCUT2D eigenvalue weighted by Gasteiger charge is 2.35. The second-order valence-electron chi connectivity index (χ2n) is 9.98. The van der Waals surface area contributed by atoms with Crippen LogP contribution in [0.4, 0.5) is 0 Å². The lowest BCUT2D eigenvalue weighted by Crippen LogP contribution is -2.40. The minimum absolute atomic E-state index is 0.194. The fourth-order valence-corrected chi connectivity index (χ4v) is 6.57. The number of carbonyl (C=O) groups excluding carboxylic acids is 1. The fourth-order valence-electron chi connectivity index (χ4n) is 5.45. The molecule has 42 heavy (non-hydrogen) atoms. The van der Waals surface area contributed by atoms with E-state index in [0.29, 0.717) is 25.6 Å². The summed E-state index contributed by atoms with van der Waals surface area (Å²) in [5, 5.41) is 0.560. The van der Waals surface area contributed by atoms with Gasteiger partial charge in [-0.25, -0.2) is 9.79 Å². The average molecular weight is 594 g/mol. The number of benzene rings is 3. The van der Waals surface area contributed by atoms with Crippen LogP contribution in [0.5, 0.6) is 0 Å². The third-order valence-electron chi connectivity index (χ3n) is 7.33. The monoisotopic (exact) mass is 593 g/mol. The van der Waals surface area contributed by atoms with Crippen molar-refractivity contribution < 1.29 is 9.53 Å². The SMILES string of the molecule is CCOC(=O)C1=C(c2ccccc2)N=c2s/c(=C\c3cc(C)n(-c4ccccc4)c3C)c(=O)n2[C@H]1c1ccc(Cl)cc1. The number of halogens is 1. The Balaban J connectivity index is 1.61. The molecule has 1 aliphatic rings. The molecule has 8 heteroatoms. The Morgan fingerprint density at radius 1 is 1.00 bits per heavy atom. The number of fused-ring (bicyclic) bond motifs is 1. The van der Waals surface area contributed by atoms with E-state index in [9.17, 15) is 9.59 Å². The van der Waals surface area contributed by atoms with Gasteiger partial charge in [-0.2, -0.15) is 0 Å². The molecule has 1 aliphatic heterocycles. The van der Waals surface area contributed by atoms with Crippen molar-refractivity contribution in [1.82, 2.24) is 9.13 Å². The zero-order chi connectivity index (χ0) is 29.4. The van der Waals surface area contributed by atoms with Crippen LogP contribution in [0.25, 0.3) is 17.5 Å². The summed E-state index contributed by atoms with van der Waals surface area (Å²) in [6.07, 6.45) is 1.92. The maximum atomic E-state index is 14.2. The zero-order valence-electron chi connectivity index (χ0n) is 23.4. The van der Waals surface area contributed by atoms with E-state index in [1.165, 1.54) is 11.3 Å². The fraction of sp³-hybridized carbons (Fsp3) is 0.147. The van der Waals surface area contributed by atoms with Crippen molar-refractivity contribution in [3.05, 3.63) is 149 Å². The van der Waals surface area contributed by atoms with E-state index in [2.05, 4.69) is 29.7 Å². The molecule has 3 aromatic carbocycles. The summed E-state index contributed by atoms with van der Waals surface area (Å²) in [4.78, 5) is 33.2. The number of esters is 1. The predicted molar refractivity (Wildman–Crippen MR) is 168 cm³/mol. The molecule has 0 fully saturated rings. The standard InChI is InChI=1S/C34H28ClN3O3S/c1-4-41-33(40)29-30(23-11-7-5-8-12-23)36-34-38(31(29)24-15-17-26(35)18-16-24)32(39)28(42-34)20-25-19-21(2)37(22(25)3)27-13-9-6-10-14-27/h5-20,31H,4H2,1-3H3/b28-20-/t31-/m0/s1. The number of hydrogen-bond donors (Lipinski definition) is 0. The molecule has 0 spiro atoms. The molecule has 6 rings (SSSR count). The normalized spacial score (nSPS) is 15.0. The average Bonchev–Trinajstić information content (AvgIpc) is 3.47. The van der Waals surface area contributed by atoms with Crippen LogP contribution in [0.3, 0.4) is 0 Å². The van der Waals surface area contributed by atoms with E-state index in [0.717, 1.165) is 33.8 Å². The van der Waals surface area contributed by atoms with Crippen LogP contribution >= 0.6 is 22.9 Å². The number of thiazole rings is 1. The molecular weight excluding hydrogens is 566 g/mol. The minimum Gasteiger partial charge on any atom is -0.463 e. The lowest BCUT2D eigenvalue weighted by Gasteiger charge is -2.25. The van der Waals surface area contributed by atoms with Gasteiger partial charge in [0.2, 0.25) is 0 Å². The number of carbonyl (C=O) groups is 1. The summed E-state index contributed by atoms with van der Waals surface area (Å²) in [5.41, 5.74) is 6.17. The van der Waals surface area contributed by atoms with Crippen LogP contribution in [0.15, 0.2) is 106 Å². The van der Waals surface area contributed by atoms with E-state index >= 15 is 0 Å². The Kier molecular flexibility index (Phi) is 7.54. The van der Waals surface area contributed by atoms with Gasteiger partial charge in [-0.05, 0) is 68.3 Å². The Morgan fingerprint density at radius 3 is 2.33 bits per heavy atom. The molecule has 0 radical (unpaired) electrons. The molecule has 210 valence electrons. The first kappa shape index (κ1) is 27.7. The van der Waals surface area contributed by atoms with Crippen molar-refractivity contribution in [3.8, 4) is 5.69 Å². The lowest BCUT2D eigenvalue weighted by molar-refractivity contribution is -0.138. The van der Waals surface area contributed by atoms with Gasteiger partial charge in [0.1, 0.15) is 0 Å². The molecule has 1 atom stereocenters. The summed E-state index contributed by atoms with van der Waals surface area (Å²) >= 11 is 7.54. The first-order valence-electron chi connectivity index (χ1n) is 13.7. The molecule has 2 aromatic heterocycles. The van der Waals surface area contributed by atoms with Crippen molar-refractivity contribution in [3.63, 3.8) is 0 Å². The van der Waals surface area contributed by atoms with Crippen molar-refractivity contribution in [2.24, 2.45) is 4.99 Å². The highest BCUT2D eigenvalue weighted by Crippen LogP contribution is 2.35. The zero-order valence-corrected chi connectivity index (χ0v) is 24.9. The number of aromatic nitrogens is 2. The van der Waals surface area contributed by atoms with Crippen molar-refractivity contribution in [2.75, 3.05) is 6.61 Å². The topological polar surface area (TPSA) is 65.6 Å². The minimum atomic E-state index is -0.744. The number of rotatable bonds is 6. The van der Waals surface area contributed by atoms with Gasteiger partial charge in [0.25, 0.3) is 5.56 Å². The largest absolute Gasteiger partial charge is 0.463 e. The Hall–Kier alpha value is -4.46. The maximum Gasteiger partial charge on any atom is 0.338 e. The van der Waals surface area contributed by atoms with Gasteiger partial charge in [0.05, 0.1) is 28.5 Å². The molecule has 0 amide bonds. The Morgan fingerprint density at radius 2 is 1.67 bits per heavy atom. The summed E-state index contributed by atoms with van der Waals surface area (Å²) < 4.78 is 9.84. The number of aryl methyl sites for hydroxylation is 1. The quantitative estimate of drug-likeness (QED) is 0.227. The molecule has 5 aromatic rings. The van der Waals surface area contributed by atoms with E-state index in [1.54, 1.807) is 23.6 Å². The van der Waals surface area contributed by atoms with E-state index < -0.39 is 12.0 Å². The molecule has 0 saturated carbocycles. The van der Waals surface area contributed by atoms with Crippen LogP contribution in [0.1, 0.15) is 41.0 Å². The Labute approximate surface area is 252 Å². The number of hydrogen-bond acceptors (Lipinski definition) is 5. The van der Waals surface area contributed by atoms with Gasteiger partial charge in [-0.15, -0.1) is 0 Å². The molecular formula is C34H28ClN3O3S. The van der Waals surface area contributed by atoms with Crippen molar-refractivity contribution in [2.45, 2.75) is 26.8 Å². The molecule has 0 aliphatic carbocycles. The van der Waals surface area contributed by atoms with E-state index in [4.69, 9.17) is 21.3 Å². The second kappa shape index (κ2) is 11.4. The van der Waals surface area contributed by atoms with E-state index in [-0.39, 0.29) is 12.2 Å². The first-order chi connectivity index (χ1) is 20.4. The van der Waals surface area contributed by atoms with Crippen molar-refractivity contribution in [1.29, 1.82) is 0 Å². The van der Waals surface area contributed by atoms with Crippen LogP contribution in [0, 0.1) is 13.8 Å². The summed E-state index contributed by atoms with van der Waals surface area (Å²) in [7, 11) is 0. The number of nitrogens with zero attached hydrogens (tertiary/aromatic N) is 3. The van der Waals surface area contributed by atoms with Gasteiger partial charge in [-0.3, -0.25) is 9.36 Å². The van der Waals surface area contributed by atoms with Gasteiger partial charge in [0.15, 0.2) is 4.80 Å². The van der Waals surface area contributed by atoms with Gasteiger partial charge in [0, 0.05) is 27.7 Å². The van der Waals surface area contributed by atoms with Gasteiger partial charge >= 0.3 is 5.97 Å². The summed E-state index contributed by atoms with van der Waals surface area (Å²) in [6.45, 7) is 6.06. The van der Waals surface area contributed by atoms with Crippen LogP contribution in [0.2, 0.25) is 5.02 Å².